The highest BCUT2D eigenvalue weighted by molar-refractivity contribution is 9.10. The Balaban J connectivity index is 1.77. The van der Waals surface area contributed by atoms with Crippen LogP contribution < -0.4 is 0 Å². The standard InChI is InChI=1S/C15H14BrNO3/c16-13-4-2-1-3-12(13)14-9-17(6-8-20-14)15(18)11-5-7-19-10-11/h1-5,7,10,14H,6,8-9H2. The Hall–Kier alpha value is -1.59. The normalized spacial score (nSPS) is 19.1. The number of halogens is 1. The van der Waals surface area contributed by atoms with Crippen LogP contribution in [0.5, 0.6) is 0 Å². The number of ether oxygens (including phenoxy) is 1. The minimum atomic E-state index is -0.102. The van der Waals surface area contributed by atoms with Crippen LogP contribution in [0.1, 0.15) is 22.0 Å². The van der Waals surface area contributed by atoms with E-state index in [2.05, 4.69) is 15.9 Å². The lowest BCUT2D eigenvalue weighted by Crippen LogP contribution is -2.42. The second kappa shape index (κ2) is 5.81. The molecule has 104 valence electrons. The number of amides is 1. The maximum Gasteiger partial charge on any atom is 0.257 e. The molecule has 0 bridgehead atoms. The molecular formula is C15H14BrNO3. The molecule has 0 radical (unpaired) electrons. The SMILES string of the molecule is O=C(c1ccoc1)N1CCOC(c2ccccc2Br)C1. The number of furan rings is 1. The molecule has 1 aromatic heterocycles. The van der Waals surface area contributed by atoms with Crippen molar-refractivity contribution in [2.45, 2.75) is 6.10 Å². The zero-order valence-electron chi connectivity index (χ0n) is 10.8. The average Bonchev–Trinajstić information content (AvgIpc) is 3.01. The van der Waals surface area contributed by atoms with Gasteiger partial charge in [-0.2, -0.15) is 0 Å². The first kappa shape index (κ1) is 13.4. The lowest BCUT2D eigenvalue weighted by molar-refractivity contribution is -0.0231. The van der Waals surface area contributed by atoms with Crippen LogP contribution >= 0.6 is 15.9 Å². The number of carbonyl (C=O) groups excluding carboxylic acids is 1. The molecule has 0 N–H and O–H groups in total. The van der Waals surface area contributed by atoms with Crippen molar-refractivity contribution in [3.63, 3.8) is 0 Å². The quantitative estimate of drug-likeness (QED) is 0.845. The molecule has 0 saturated carbocycles. The van der Waals surface area contributed by atoms with Crippen LogP contribution in [0.15, 0.2) is 51.7 Å². The lowest BCUT2D eigenvalue weighted by Gasteiger charge is -2.33. The number of morpholine rings is 1. The molecule has 1 atom stereocenters. The monoisotopic (exact) mass is 335 g/mol. The van der Waals surface area contributed by atoms with E-state index in [-0.39, 0.29) is 12.0 Å². The average molecular weight is 336 g/mol. The van der Waals surface area contributed by atoms with Crippen molar-refractivity contribution in [1.29, 1.82) is 0 Å². The summed E-state index contributed by atoms with van der Waals surface area (Å²) in [4.78, 5) is 14.1. The second-order valence-electron chi connectivity index (χ2n) is 4.64. The Labute approximate surface area is 125 Å². The molecule has 1 aliphatic rings. The van der Waals surface area contributed by atoms with Crippen molar-refractivity contribution in [2.75, 3.05) is 19.7 Å². The van der Waals surface area contributed by atoms with Gasteiger partial charge in [0.25, 0.3) is 5.91 Å². The summed E-state index contributed by atoms with van der Waals surface area (Å²) in [5, 5.41) is 0. The van der Waals surface area contributed by atoms with Gasteiger partial charge >= 0.3 is 0 Å². The predicted octanol–water partition coefficient (Wildman–Crippen LogP) is 3.26. The molecule has 5 heteroatoms. The Morgan fingerprint density at radius 1 is 1.30 bits per heavy atom. The van der Waals surface area contributed by atoms with Crippen molar-refractivity contribution in [1.82, 2.24) is 4.90 Å². The molecule has 2 heterocycles. The Kier molecular flexibility index (Phi) is 3.89. The highest BCUT2D eigenvalue weighted by Crippen LogP contribution is 2.29. The Bertz CT molecular complexity index is 597. The fraction of sp³-hybridized carbons (Fsp3) is 0.267. The van der Waals surface area contributed by atoms with Crippen LogP contribution in [0.2, 0.25) is 0 Å². The van der Waals surface area contributed by atoms with Crippen LogP contribution in [0.4, 0.5) is 0 Å². The summed E-state index contributed by atoms with van der Waals surface area (Å²) in [6.07, 6.45) is 2.89. The third kappa shape index (κ3) is 2.64. The largest absolute Gasteiger partial charge is 0.472 e. The van der Waals surface area contributed by atoms with Gasteiger partial charge in [0.2, 0.25) is 0 Å². The van der Waals surface area contributed by atoms with E-state index < -0.39 is 0 Å². The molecule has 0 aliphatic carbocycles. The number of carbonyl (C=O) groups is 1. The van der Waals surface area contributed by atoms with E-state index in [1.54, 1.807) is 11.0 Å². The van der Waals surface area contributed by atoms with Gasteiger partial charge < -0.3 is 14.1 Å². The highest BCUT2D eigenvalue weighted by atomic mass is 79.9. The molecule has 1 fully saturated rings. The van der Waals surface area contributed by atoms with Gasteiger partial charge in [0.15, 0.2) is 0 Å². The molecule has 4 nitrogen and oxygen atoms in total. The number of nitrogens with zero attached hydrogens (tertiary/aromatic N) is 1. The molecule has 1 aromatic carbocycles. The third-order valence-electron chi connectivity index (χ3n) is 3.37. The Morgan fingerprint density at radius 3 is 2.90 bits per heavy atom. The van der Waals surface area contributed by atoms with Gasteiger partial charge in [-0.15, -0.1) is 0 Å². The van der Waals surface area contributed by atoms with E-state index in [0.717, 1.165) is 10.0 Å². The first-order valence-electron chi connectivity index (χ1n) is 6.43. The minimum absolute atomic E-state index is 0.0147. The summed E-state index contributed by atoms with van der Waals surface area (Å²) < 4.78 is 11.8. The summed E-state index contributed by atoms with van der Waals surface area (Å²) in [5.41, 5.74) is 1.65. The minimum Gasteiger partial charge on any atom is -0.472 e. The van der Waals surface area contributed by atoms with Gasteiger partial charge in [-0.25, -0.2) is 0 Å². The number of rotatable bonds is 2. The van der Waals surface area contributed by atoms with Crippen molar-refractivity contribution in [2.24, 2.45) is 0 Å². The van der Waals surface area contributed by atoms with E-state index in [1.165, 1.54) is 12.5 Å². The van der Waals surface area contributed by atoms with E-state index >= 15 is 0 Å². The molecule has 1 unspecified atom stereocenters. The highest BCUT2D eigenvalue weighted by Gasteiger charge is 2.27. The van der Waals surface area contributed by atoms with Crippen LogP contribution in [-0.2, 0) is 4.74 Å². The number of hydrogen-bond acceptors (Lipinski definition) is 3. The van der Waals surface area contributed by atoms with Crippen LogP contribution in [0, 0.1) is 0 Å². The maximum atomic E-state index is 12.3. The number of hydrogen-bond donors (Lipinski definition) is 0. The first-order chi connectivity index (χ1) is 9.75. The summed E-state index contributed by atoms with van der Waals surface area (Å²) in [6, 6.07) is 9.62. The lowest BCUT2D eigenvalue weighted by atomic mass is 10.1. The van der Waals surface area contributed by atoms with Crippen molar-refractivity contribution in [3.8, 4) is 0 Å². The predicted molar refractivity (Wildman–Crippen MR) is 77.4 cm³/mol. The zero-order chi connectivity index (χ0) is 13.9. The smallest absolute Gasteiger partial charge is 0.257 e. The molecule has 1 saturated heterocycles. The summed E-state index contributed by atoms with van der Waals surface area (Å²) in [5.74, 6) is -0.0147. The summed E-state index contributed by atoms with van der Waals surface area (Å²) in [6.45, 7) is 1.69. The zero-order valence-corrected chi connectivity index (χ0v) is 12.4. The summed E-state index contributed by atoms with van der Waals surface area (Å²) >= 11 is 3.53. The number of benzene rings is 1. The van der Waals surface area contributed by atoms with Gasteiger partial charge in [-0.05, 0) is 17.7 Å². The topological polar surface area (TPSA) is 42.7 Å². The molecular weight excluding hydrogens is 322 g/mol. The van der Waals surface area contributed by atoms with Gasteiger partial charge in [0.1, 0.15) is 12.4 Å². The maximum absolute atomic E-state index is 12.3. The van der Waals surface area contributed by atoms with Crippen molar-refractivity contribution < 1.29 is 13.9 Å². The fourth-order valence-corrected chi connectivity index (χ4v) is 2.87. The van der Waals surface area contributed by atoms with Gasteiger partial charge in [0.05, 0.1) is 25.0 Å². The fourth-order valence-electron chi connectivity index (χ4n) is 2.33. The van der Waals surface area contributed by atoms with Crippen molar-refractivity contribution >= 4 is 21.8 Å². The van der Waals surface area contributed by atoms with Gasteiger partial charge in [-0.3, -0.25) is 4.79 Å². The first-order valence-corrected chi connectivity index (χ1v) is 7.22. The molecule has 20 heavy (non-hydrogen) atoms. The Morgan fingerprint density at radius 2 is 2.15 bits per heavy atom. The molecule has 3 rings (SSSR count). The molecule has 1 amide bonds. The van der Waals surface area contributed by atoms with E-state index in [9.17, 15) is 4.79 Å². The molecule has 1 aliphatic heterocycles. The van der Waals surface area contributed by atoms with Gasteiger partial charge in [0, 0.05) is 11.0 Å². The summed E-state index contributed by atoms with van der Waals surface area (Å²) in [7, 11) is 0. The van der Waals surface area contributed by atoms with Crippen LogP contribution in [0.25, 0.3) is 0 Å². The van der Waals surface area contributed by atoms with Crippen molar-refractivity contribution in [3.05, 3.63) is 58.5 Å². The van der Waals surface area contributed by atoms with Crippen LogP contribution in [0.3, 0.4) is 0 Å². The molecule has 0 spiro atoms. The van der Waals surface area contributed by atoms with Crippen LogP contribution in [-0.4, -0.2) is 30.5 Å². The molecule has 2 aromatic rings. The third-order valence-corrected chi connectivity index (χ3v) is 4.10. The van der Waals surface area contributed by atoms with E-state index in [4.69, 9.17) is 9.15 Å². The van der Waals surface area contributed by atoms with E-state index in [0.29, 0.717) is 25.3 Å². The second-order valence-corrected chi connectivity index (χ2v) is 5.50. The van der Waals surface area contributed by atoms with E-state index in [1.807, 2.05) is 24.3 Å². The van der Waals surface area contributed by atoms with Gasteiger partial charge in [-0.1, -0.05) is 34.1 Å².